The van der Waals surface area contributed by atoms with Gasteiger partial charge < -0.3 is 10.6 Å². The van der Waals surface area contributed by atoms with Crippen LogP contribution in [0.2, 0.25) is 0 Å². The Bertz CT molecular complexity index is 491. The number of benzene rings is 1. The number of pyridine rings is 1. The van der Waals surface area contributed by atoms with Crippen LogP contribution in [0.25, 0.3) is 0 Å². The highest BCUT2D eigenvalue weighted by atomic mass is 14.9. The molecular weight excluding hydrogens is 222 g/mol. The topological polar surface area (TPSA) is 37.0 Å². The molecule has 2 N–H and O–H groups in total. The first-order valence-corrected chi connectivity index (χ1v) is 6.30. The molecule has 0 saturated carbocycles. The van der Waals surface area contributed by atoms with Gasteiger partial charge in [-0.1, -0.05) is 25.5 Å². The van der Waals surface area contributed by atoms with Crippen LogP contribution >= 0.6 is 0 Å². The van der Waals surface area contributed by atoms with Crippen LogP contribution in [0.3, 0.4) is 0 Å². The number of hydrogen-bond acceptors (Lipinski definition) is 3. The van der Waals surface area contributed by atoms with Gasteiger partial charge in [-0.15, -0.1) is 0 Å². The summed E-state index contributed by atoms with van der Waals surface area (Å²) in [5.41, 5.74) is 4.46. The van der Waals surface area contributed by atoms with Crippen molar-refractivity contribution in [1.29, 1.82) is 0 Å². The highest BCUT2D eigenvalue weighted by Gasteiger charge is 1.97. The first-order chi connectivity index (χ1) is 8.81. The number of anilines is 3. The minimum absolute atomic E-state index is 0.991. The van der Waals surface area contributed by atoms with Crippen LogP contribution in [-0.4, -0.2) is 12.0 Å². The SMILES string of the molecule is CCCc1ccc(Nc2cncc(NC)c2)cc1. The van der Waals surface area contributed by atoms with Crippen molar-refractivity contribution < 1.29 is 0 Å². The summed E-state index contributed by atoms with van der Waals surface area (Å²) >= 11 is 0. The van der Waals surface area contributed by atoms with Gasteiger partial charge in [0.05, 0.1) is 23.8 Å². The molecule has 0 fully saturated rings. The molecule has 2 rings (SSSR count). The van der Waals surface area contributed by atoms with Gasteiger partial charge in [-0.05, 0) is 30.2 Å². The van der Waals surface area contributed by atoms with Crippen molar-refractivity contribution in [3.05, 3.63) is 48.3 Å². The van der Waals surface area contributed by atoms with Gasteiger partial charge in [0.1, 0.15) is 0 Å². The smallest absolute Gasteiger partial charge is 0.0591 e. The molecule has 18 heavy (non-hydrogen) atoms. The molecule has 0 aliphatic rings. The zero-order chi connectivity index (χ0) is 12.8. The van der Waals surface area contributed by atoms with E-state index < -0.39 is 0 Å². The first-order valence-electron chi connectivity index (χ1n) is 6.30. The zero-order valence-corrected chi connectivity index (χ0v) is 10.9. The largest absolute Gasteiger partial charge is 0.387 e. The van der Waals surface area contributed by atoms with Crippen molar-refractivity contribution in [3.63, 3.8) is 0 Å². The number of nitrogens with one attached hydrogen (secondary N) is 2. The summed E-state index contributed by atoms with van der Waals surface area (Å²) < 4.78 is 0. The van der Waals surface area contributed by atoms with Crippen molar-refractivity contribution >= 4 is 17.1 Å². The second-order valence-corrected chi connectivity index (χ2v) is 4.28. The number of aryl methyl sites for hydroxylation is 1. The van der Waals surface area contributed by atoms with E-state index in [1.165, 1.54) is 12.0 Å². The van der Waals surface area contributed by atoms with E-state index in [2.05, 4.69) is 46.8 Å². The molecular formula is C15H19N3. The summed E-state index contributed by atoms with van der Waals surface area (Å²) in [6.45, 7) is 2.20. The quantitative estimate of drug-likeness (QED) is 0.835. The van der Waals surface area contributed by atoms with Gasteiger partial charge in [0.2, 0.25) is 0 Å². The van der Waals surface area contributed by atoms with Crippen molar-refractivity contribution in [3.8, 4) is 0 Å². The van der Waals surface area contributed by atoms with Crippen molar-refractivity contribution in [2.45, 2.75) is 19.8 Å². The van der Waals surface area contributed by atoms with E-state index in [0.29, 0.717) is 0 Å². The molecule has 0 aliphatic carbocycles. The van der Waals surface area contributed by atoms with E-state index in [1.807, 2.05) is 19.3 Å². The third kappa shape index (κ3) is 3.23. The maximum absolute atomic E-state index is 4.17. The molecule has 0 radical (unpaired) electrons. The highest BCUT2D eigenvalue weighted by molar-refractivity contribution is 5.63. The molecule has 0 amide bonds. The van der Waals surface area contributed by atoms with Gasteiger partial charge in [0, 0.05) is 12.7 Å². The lowest BCUT2D eigenvalue weighted by Gasteiger charge is -2.08. The third-order valence-corrected chi connectivity index (χ3v) is 2.81. The van der Waals surface area contributed by atoms with E-state index >= 15 is 0 Å². The average Bonchev–Trinajstić information content (AvgIpc) is 2.42. The van der Waals surface area contributed by atoms with Gasteiger partial charge in [0.15, 0.2) is 0 Å². The van der Waals surface area contributed by atoms with E-state index in [9.17, 15) is 0 Å². The standard InChI is InChI=1S/C15H19N3/c1-3-4-12-5-7-13(8-6-12)18-15-9-14(16-2)10-17-11-15/h5-11,16,18H,3-4H2,1-2H3. The average molecular weight is 241 g/mol. The Morgan fingerprint density at radius 3 is 2.39 bits per heavy atom. The maximum atomic E-state index is 4.17. The summed E-state index contributed by atoms with van der Waals surface area (Å²) in [5, 5.41) is 6.42. The summed E-state index contributed by atoms with van der Waals surface area (Å²) in [4.78, 5) is 4.17. The fraction of sp³-hybridized carbons (Fsp3) is 0.267. The fourth-order valence-electron chi connectivity index (χ4n) is 1.86. The molecule has 0 aliphatic heterocycles. The van der Waals surface area contributed by atoms with E-state index in [4.69, 9.17) is 0 Å². The maximum Gasteiger partial charge on any atom is 0.0591 e. The van der Waals surface area contributed by atoms with E-state index in [1.54, 1.807) is 6.20 Å². The lowest BCUT2D eigenvalue weighted by Crippen LogP contribution is -1.94. The summed E-state index contributed by atoms with van der Waals surface area (Å²) in [5.74, 6) is 0. The van der Waals surface area contributed by atoms with E-state index in [-0.39, 0.29) is 0 Å². The summed E-state index contributed by atoms with van der Waals surface area (Å²) in [6, 6.07) is 10.6. The minimum atomic E-state index is 0.991. The lowest BCUT2D eigenvalue weighted by atomic mass is 10.1. The normalized spacial score (nSPS) is 10.1. The highest BCUT2D eigenvalue weighted by Crippen LogP contribution is 2.19. The number of aromatic nitrogens is 1. The molecule has 0 unspecified atom stereocenters. The number of nitrogens with zero attached hydrogens (tertiary/aromatic N) is 1. The predicted molar refractivity (Wildman–Crippen MR) is 77.5 cm³/mol. The fourth-order valence-corrected chi connectivity index (χ4v) is 1.86. The Morgan fingerprint density at radius 2 is 1.72 bits per heavy atom. The molecule has 0 atom stereocenters. The van der Waals surface area contributed by atoms with Crippen LogP contribution in [0.5, 0.6) is 0 Å². The van der Waals surface area contributed by atoms with Crippen LogP contribution < -0.4 is 10.6 Å². The Labute approximate surface area is 108 Å². The Kier molecular flexibility index (Phi) is 4.18. The Morgan fingerprint density at radius 1 is 1.00 bits per heavy atom. The summed E-state index contributed by atoms with van der Waals surface area (Å²) in [7, 11) is 1.89. The molecule has 3 nitrogen and oxygen atoms in total. The molecule has 94 valence electrons. The van der Waals surface area contributed by atoms with E-state index in [0.717, 1.165) is 23.5 Å². The minimum Gasteiger partial charge on any atom is -0.387 e. The Hall–Kier alpha value is -2.03. The van der Waals surface area contributed by atoms with Gasteiger partial charge in [-0.2, -0.15) is 0 Å². The van der Waals surface area contributed by atoms with Crippen molar-refractivity contribution in [1.82, 2.24) is 4.98 Å². The molecule has 1 heterocycles. The van der Waals surface area contributed by atoms with Crippen molar-refractivity contribution in [2.24, 2.45) is 0 Å². The van der Waals surface area contributed by atoms with Gasteiger partial charge in [0.25, 0.3) is 0 Å². The van der Waals surface area contributed by atoms with Crippen molar-refractivity contribution in [2.75, 3.05) is 17.7 Å². The summed E-state index contributed by atoms with van der Waals surface area (Å²) in [6.07, 6.45) is 5.94. The molecule has 1 aromatic carbocycles. The molecule has 1 aromatic heterocycles. The predicted octanol–water partition coefficient (Wildman–Crippen LogP) is 3.82. The number of rotatable bonds is 5. The second-order valence-electron chi connectivity index (χ2n) is 4.28. The van der Waals surface area contributed by atoms with Gasteiger partial charge >= 0.3 is 0 Å². The van der Waals surface area contributed by atoms with Crippen LogP contribution in [0.4, 0.5) is 17.1 Å². The second kappa shape index (κ2) is 6.05. The zero-order valence-electron chi connectivity index (χ0n) is 10.9. The first kappa shape index (κ1) is 12.4. The molecule has 0 bridgehead atoms. The molecule has 3 heteroatoms. The van der Waals surface area contributed by atoms with Gasteiger partial charge in [-0.25, -0.2) is 0 Å². The van der Waals surface area contributed by atoms with Crippen LogP contribution in [0.15, 0.2) is 42.7 Å². The monoisotopic (exact) mass is 241 g/mol. The lowest BCUT2D eigenvalue weighted by molar-refractivity contribution is 0.922. The van der Waals surface area contributed by atoms with Crippen LogP contribution in [0.1, 0.15) is 18.9 Å². The van der Waals surface area contributed by atoms with Gasteiger partial charge in [-0.3, -0.25) is 4.98 Å². The third-order valence-electron chi connectivity index (χ3n) is 2.81. The molecule has 0 spiro atoms. The Balaban J connectivity index is 2.08. The molecule has 2 aromatic rings. The number of hydrogen-bond donors (Lipinski definition) is 2. The van der Waals surface area contributed by atoms with Crippen LogP contribution in [0, 0.1) is 0 Å². The van der Waals surface area contributed by atoms with Crippen LogP contribution in [-0.2, 0) is 6.42 Å². The molecule has 0 saturated heterocycles.